The Kier molecular flexibility index (Phi) is 4.32. The summed E-state index contributed by atoms with van der Waals surface area (Å²) in [5, 5.41) is 19.2. The van der Waals surface area contributed by atoms with Crippen LogP contribution in [0.3, 0.4) is 0 Å². The molecule has 0 aliphatic carbocycles. The highest BCUT2D eigenvalue weighted by Crippen LogP contribution is 2.19. The van der Waals surface area contributed by atoms with Crippen molar-refractivity contribution in [3.63, 3.8) is 0 Å². The topological polar surface area (TPSA) is 74.6 Å². The van der Waals surface area contributed by atoms with Crippen LogP contribution in [0.15, 0.2) is 53.6 Å². The number of aliphatic carboxylic acids is 1. The van der Waals surface area contributed by atoms with Crippen molar-refractivity contribution in [2.75, 3.05) is 0 Å². The molecule has 2 N–H and O–H groups in total. The average Bonchev–Trinajstić information content (AvgIpc) is 2.88. The number of benzene rings is 1. The lowest BCUT2D eigenvalue weighted by Gasteiger charge is -1.96. The molecule has 1 aromatic carbocycles. The Labute approximate surface area is 119 Å². The Balaban J connectivity index is 2.11. The zero-order chi connectivity index (χ0) is 14.5. The Morgan fingerprint density at radius 1 is 1.15 bits per heavy atom. The van der Waals surface area contributed by atoms with Crippen LogP contribution >= 0.6 is 11.3 Å². The van der Waals surface area contributed by atoms with Gasteiger partial charge in [0.25, 0.3) is 0 Å². The molecule has 0 bridgehead atoms. The Hall–Kier alpha value is -2.40. The van der Waals surface area contributed by atoms with Gasteiger partial charge in [-0.25, -0.2) is 4.79 Å². The molecule has 1 aromatic heterocycles. The molecule has 0 radical (unpaired) electrons. The van der Waals surface area contributed by atoms with E-state index >= 15 is 0 Å². The van der Waals surface area contributed by atoms with Crippen LogP contribution in [-0.2, 0) is 11.2 Å². The van der Waals surface area contributed by atoms with Crippen LogP contribution in [0.25, 0.3) is 0 Å². The molecule has 0 atom stereocenters. The molecule has 2 rings (SSSR count). The molecule has 0 aliphatic rings. The van der Waals surface area contributed by atoms with Gasteiger partial charge >= 0.3 is 5.97 Å². The van der Waals surface area contributed by atoms with E-state index in [1.54, 1.807) is 11.4 Å². The van der Waals surface area contributed by atoms with Gasteiger partial charge in [-0.15, -0.1) is 11.3 Å². The van der Waals surface area contributed by atoms with Crippen LogP contribution < -0.4 is 0 Å². The van der Waals surface area contributed by atoms with E-state index in [9.17, 15) is 9.59 Å². The minimum Gasteiger partial charge on any atom is -0.502 e. The number of aliphatic hydroxyl groups excluding tert-OH is 1. The van der Waals surface area contributed by atoms with Crippen LogP contribution in [0.1, 0.15) is 20.8 Å². The first-order valence-electron chi connectivity index (χ1n) is 5.86. The summed E-state index contributed by atoms with van der Waals surface area (Å²) in [6.07, 6.45) is 1.43. The first-order chi connectivity index (χ1) is 9.56. The quantitative estimate of drug-likeness (QED) is 0.504. The summed E-state index contributed by atoms with van der Waals surface area (Å²) in [4.78, 5) is 23.2. The maximum atomic E-state index is 11.7. The molecule has 1 heterocycles. The molecule has 102 valence electrons. The van der Waals surface area contributed by atoms with E-state index in [0.717, 1.165) is 16.5 Å². The van der Waals surface area contributed by atoms with Crippen molar-refractivity contribution < 1.29 is 19.8 Å². The van der Waals surface area contributed by atoms with Crippen LogP contribution in [-0.4, -0.2) is 22.0 Å². The number of thiophene rings is 1. The van der Waals surface area contributed by atoms with Gasteiger partial charge in [0.2, 0.25) is 5.76 Å². The van der Waals surface area contributed by atoms with Crippen molar-refractivity contribution in [3.05, 3.63) is 69.6 Å². The fraction of sp³-hybridized carbons (Fsp3) is 0.0667. The normalized spacial score (nSPS) is 11.3. The van der Waals surface area contributed by atoms with Crippen LogP contribution in [0, 0.1) is 0 Å². The van der Waals surface area contributed by atoms with Gasteiger partial charge in [-0.3, -0.25) is 4.79 Å². The smallest absolute Gasteiger partial charge is 0.371 e. The minimum atomic E-state index is -1.52. The zero-order valence-corrected chi connectivity index (χ0v) is 11.3. The van der Waals surface area contributed by atoms with E-state index < -0.39 is 17.5 Å². The molecule has 0 saturated carbocycles. The lowest BCUT2D eigenvalue weighted by molar-refractivity contribution is -0.135. The number of hydrogen-bond donors (Lipinski definition) is 2. The fourth-order valence-corrected chi connectivity index (χ4v) is 2.58. The molecule has 0 aliphatic heterocycles. The van der Waals surface area contributed by atoms with Gasteiger partial charge < -0.3 is 10.2 Å². The Morgan fingerprint density at radius 2 is 1.85 bits per heavy atom. The van der Waals surface area contributed by atoms with E-state index in [0.29, 0.717) is 12.0 Å². The van der Waals surface area contributed by atoms with Gasteiger partial charge in [-0.1, -0.05) is 30.3 Å². The van der Waals surface area contributed by atoms with E-state index in [2.05, 4.69) is 0 Å². The second-order valence-corrected chi connectivity index (χ2v) is 5.16. The average molecular weight is 288 g/mol. The third kappa shape index (κ3) is 3.55. The third-order valence-corrected chi connectivity index (χ3v) is 3.58. The van der Waals surface area contributed by atoms with Gasteiger partial charge in [-0.05, 0) is 11.6 Å². The second kappa shape index (κ2) is 6.16. The van der Waals surface area contributed by atoms with Crippen molar-refractivity contribution in [1.29, 1.82) is 0 Å². The largest absolute Gasteiger partial charge is 0.502 e. The Bertz CT molecular complexity index is 656. The van der Waals surface area contributed by atoms with Crippen molar-refractivity contribution in [3.8, 4) is 0 Å². The van der Waals surface area contributed by atoms with E-state index in [4.69, 9.17) is 10.2 Å². The number of carboxylic acid groups (broad SMARTS) is 1. The number of hydrogen-bond acceptors (Lipinski definition) is 4. The highest BCUT2D eigenvalue weighted by Gasteiger charge is 2.11. The van der Waals surface area contributed by atoms with Crippen molar-refractivity contribution >= 4 is 23.1 Å². The van der Waals surface area contributed by atoms with E-state index in [-0.39, 0.29) is 0 Å². The number of aliphatic hydroxyl groups is 1. The van der Waals surface area contributed by atoms with Crippen LogP contribution in [0.2, 0.25) is 0 Å². The number of carboxylic acids is 1. The van der Waals surface area contributed by atoms with E-state index in [1.807, 2.05) is 30.3 Å². The summed E-state index contributed by atoms with van der Waals surface area (Å²) in [6.45, 7) is 0. The van der Waals surface area contributed by atoms with Crippen molar-refractivity contribution in [2.45, 2.75) is 6.42 Å². The molecule has 0 saturated heterocycles. The van der Waals surface area contributed by atoms with E-state index in [1.165, 1.54) is 11.3 Å². The summed E-state index contributed by atoms with van der Waals surface area (Å²) in [7, 11) is 0. The minimum absolute atomic E-state index is 0.383. The van der Waals surface area contributed by atoms with Gasteiger partial charge in [0.1, 0.15) is 0 Å². The molecule has 2 aromatic rings. The molecular weight excluding hydrogens is 276 g/mol. The maximum Gasteiger partial charge on any atom is 0.371 e. The molecule has 20 heavy (non-hydrogen) atoms. The van der Waals surface area contributed by atoms with Gasteiger partial charge in [0.05, 0.1) is 0 Å². The highest BCUT2D eigenvalue weighted by atomic mass is 32.1. The SMILES string of the molecule is O=C(O)C(O)=CC(=O)c1csc(Cc2ccccc2)c1. The Morgan fingerprint density at radius 3 is 2.50 bits per heavy atom. The predicted molar refractivity (Wildman–Crippen MR) is 76.2 cm³/mol. The van der Waals surface area contributed by atoms with Crippen LogP contribution in [0.5, 0.6) is 0 Å². The maximum absolute atomic E-state index is 11.7. The van der Waals surface area contributed by atoms with Gasteiger partial charge in [-0.2, -0.15) is 0 Å². The highest BCUT2D eigenvalue weighted by molar-refractivity contribution is 7.10. The molecule has 0 unspecified atom stereocenters. The lowest BCUT2D eigenvalue weighted by atomic mass is 10.1. The first kappa shape index (κ1) is 14.0. The van der Waals surface area contributed by atoms with Gasteiger partial charge in [0, 0.05) is 28.3 Å². The number of ketones is 1. The number of allylic oxidation sites excluding steroid dienone is 1. The molecule has 0 amide bonds. The predicted octanol–water partition coefficient (Wildman–Crippen LogP) is 3.05. The van der Waals surface area contributed by atoms with Crippen molar-refractivity contribution in [1.82, 2.24) is 0 Å². The van der Waals surface area contributed by atoms with Crippen molar-refractivity contribution in [2.24, 2.45) is 0 Å². The lowest BCUT2D eigenvalue weighted by Crippen LogP contribution is -2.03. The van der Waals surface area contributed by atoms with Gasteiger partial charge in [0.15, 0.2) is 5.78 Å². The fourth-order valence-electron chi connectivity index (χ4n) is 1.67. The number of carbonyl (C=O) groups excluding carboxylic acids is 1. The molecule has 0 fully saturated rings. The van der Waals surface area contributed by atoms with Crippen LogP contribution in [0.4, 0.5) is 0 Å². The number of carbonyl (C=O) groups is 2. The summed E-state index contributed by atoms with van der Waals surface area (Å²) in [5.74, 6) is -2.98. The summed E-state index contributed by atoms with van der Waals surface area (Å²) in [6, 6.07) is 11.5. The molecular formula is C15H12O4S. The number of rotatable bonds is 5. The summed E-state index contributed by atoms with van der Waals surface area (Å²) >= 11 is 1.43. The monoisotopic (exact) mass is 288 g/mol. The third-order valence-electron chi connectivity index (χ3n) is 2.65. The second-order valence-electron chi connectivity index (χ2n) is 4.16. The molecule has 5 heteroatoms. The molecule has 4 nitrogen and oxygen atoms in total. The first-order valence-corrected chi connectivity index (χ1v) is 6.74. The zero-order valence-electron chi connectivity index (χ0n) is 10.4. The standard InChI is InChI=1S/C15H12O4S/c16-13(8-14(17)15(18)19)11-7-12(20-9-11)6-10-4-2-1-3-5-10/h1-5,7-9,17H,6H2,(H,18,19). The summed E-state index contributed by atoms with van der Waals surface area (Å²) in [5.41, 5.74) is 1.52. The molecule has 0 spiro atoms. The summed E-state index contributed by atoms with van der Waals surface area (Å²) < 4.78 is 0.